The second-order valence-corrected chi connectivity index (χ2v) is 10.9. The highest BCUT2D eigenvalue weighted by molar-refractivity contribution is 5.94. The van der Waals surface area contributed by atoms with Gasteiger partial charge >= 0.3 is 0 Å². The van der Waals surface area contributed by atoms with Gasteiger partial charge in [-0.3, -0.25) is 19.3 Å². The number of hydrogen-bond acceptors (Lipinski definition) is 6. The van der Waals surface area contributed by atoms with Crippen LogP contribution in [0, 0.1) is 11.3 Å². The summed E-state index contributed by atoms with van der Waals surface area (Å²) in [6.07, 6.45) is 9.23. The first kappa shape index (κ1) is 23.5. The average molecular weight is 492 g/mol. The summed E-state index contributed by atoms with van der Waals surface area (Å²) >= 11 is 0. The number of fused-ring (bicyclic) bond motifs is 1. The monoisotopic (exact) mass is 491 g/mol. The predicted molar refractivity (Wildman–Crippen MR) is 137 cm³/mol. The second-order valence-electron chi connectivity index (χ2n) is 10.9. The second kappa shape index (κ2) is 9.52. The minimum absolute atomic E-state index is 0.00190. The molecule has 1 aliphatic carbocycles. The molecule has 0 unspecified atom stereocenters. The van der Waals surface area contributed by atoms with Crippen molar-refractivity contribution < 1.29 is 9.18 Å². The molecule has 3 aromatic heterocycles. The van der Waals surface area contributed by atoms with Gasteiger partial charge in [-0.1, -0.05) is 6.42 Å². The van der Waals surface area contributed by atoms with Crippen molar-refractivity contribution in [1.29, 1.82) is 0 Å². The molecule has 0 aromatic carbocycles. The smallest absolute Gasteiger partial charge is 0.228 e. The van der Waals surface area contributed by atoms with Crippen LogP contribution in [0.15, 0.2) is 30.6 Å². The van der Waals surface area contributed by atoms with Crippen molar-refractivity contribution in [3.63, 3.8) is 0 Å². The van der Waals surface area contributed by atoms with Crippen LogP contribution in [0.1, 0.15) is 37.8 Å². The zero-order valence-electron chi connectivity index (χ0n) is 20.9. The van der Waals surface area contributed by atoms with E-state index < -0.39 is 0 Å². The highest BCUT2D eigenvalue weighted by atomic mass is 19.1. The predicted octanol–water partition coefficient (Wildman–Crippen LogP) is 3.64. The molecule has 3 fully saturated rings. The number of nitrogens with zero attached hydrogens (tertiary/aromatic N) is 6. The topological polar surface area (TPSA) is 79.2 Å². The zero-order chi connectivity index (χ0) is 24.7. The third-order valence-corrected chi connectivity index (χ3v) is 8.23. The summed E-state index contributed by atoms with van der Waals surface area (Å²) in [5.74, 6) is 0.552. The van der Waals surface area contributed by atoms with Gasteiger partial charge < -0.3 is 5.32 Å². The molecule has 1 spiro atoms. The quantitative estimate of drug-likeness (QED) is 0.544. The Morgan fingerprint density at radius 2 is 1.94 bits per heavy atom. The molecule has 36 heavy (non-hydrogen) atoms. The van der Waals surface area contributed by atoms with E-state index in [-0.39, 0.29) is 23.9 Å². The molecule has 1 amide bonds. The lowest BCUT2D eigenvalue weighted by molar-refractivity contribution is -0.139. The Kier molecular flexibility index (Phi) is 6.21. The Morgan fingerprint density at radius 1 is 1.14 bits per heavy atom. The maximum absolute atomic E-state index is 12.8. The SMILES string of the molecule is Cn1ncc(-c2ccc3cnc(NC(=O)C4CC5(C4)CN(CCF)C5)cc3n2)c1CN1CCCCC1. The number of halogens is 1. The summed E-state index contributed by atoms with van der Waals surface area (Å²) in [6, 6.07) is 5.92. The Balaban J connectivity index is 1.15. The van der Waals surface area contributed by atoms with E-state index in [1.54, 1.807) is 6.20 Å². The van der Waals surface area contributed by atoms with Crippen LogP contribution in [0.4, 0.5) is 10.2 Å². The molecule has 6 rings (SSSR count). The zero-order valence-corrected chi connectivity index (χ0v) is 20.9. The molecule has 0 atom stereocenters. The van der Waals surface area contributed by atoms with E-state index in [4.69, 9.17) is 4.98 Å². The van der Waals surface area contributed by atoms with Crippen molar-refractivity contribution in [3.05, 3.63) is 36.3 Å². The lowest BCUT2D eigenvalue weighted by Crippen LogP contribution is -2.63. The number of pyridine rings is 2. The number of rotatable bonds is 7. The molecule has 2 aliphatic heterocycles. The Labute approximate surface area is 210 Å². The number of alkyl halides is 1. The van der Waals surface area contributed by atoms with Gasteiger partial charge in [0, 0.05) is 62.4 Å². The van der Waals surface area contributed by atoms with Crippen LogP contribution in [0.2, 0.25) is 0 Å². The van der Waals surface area contributed by atoms with E-state index in [9.17, 15) is 9.18 Å². The van der Waals surface area contributed by atoms with E-state index in [0.717, 1.165) is 67.7 Å². The van der Waals surface area contributed by atoms with E-state index in [0.29, 0.717) is 12.4 Å². The normalized spacial score (nSPS) is 20.4. The van der Waals surface area contributed by atoms with Crippen molar-refractivity contribution in [2.45, 2.75) is 38.6 Å². The van der Waals surface area contributed by atoms with Crippen LogP contribution in [-0.2, 0) is 18.4 Å². The molecule has 0 bridgehead atoms. The maximum atomic E-state index is 12.8. The van der Waals surface area contributed by atoms with Crippen molar-refractivity contribution in [2.24, 2.45) is 18.4 Å². The van der Waals surface area contributed by atoms with E-state index in [1.807, 2.05) is 36.1 Å². The van der Waals surface area contributed by atoms with Crippen LogP contribution in [0.5, 0.6) is 0 Å². The van der Waals surface area contributed by atoms with Gasteiger partial charge in [-0.25, -0.2) is 14.4 Å². The molecular weight excluding hydrogens is 457 g/mol. The average Bonchev–Trinajstić information content (AvgIpc) is 3.19. The molecule has 5 heterocycles. The minimum Gasteiger partial charge on any atom is -0.310 e. The van der Waals surface area contributed by atoms with Crippen molar-refractivity contribution >= 4 is 22.6 Å². The molecule has 0 radical (unpaired) electrons. The summed E-state index contributed by atoms with van der Waals surface area (Å²) in [7, 11) is 1.99. The third kappa shape index (κ3) is 4.50. The number of anilines is 1. The lowest BCUT2D eigenvalue weighted by atomic mass is 9.57. The highest BCUT2D eigenvalue weighted by Crippen LogP contribution is 2.52. The van der Waals surface area contributed by atoms with Crippen LogP contribution < -0.4 is 5.32 Å². The number of nitrogens with one attached hydrogen (secondary N) is 1. The van der Waals surface area contributed by atoms with Crippen molar-refractivity contribution in [2.75, 3.05) is 44.7 Å². The molecule has 9 heteroatoms. The summed E-state index contributed by atoms with van der Waals surface area (Å²) in [6.45, 7) is 5.16. The molecule has 3 aromatic rings. The van der Waals surface area contributed by atoms with Crippen molar-refractivity contribution in [3.8, 4) is 11.3 Å². The minimum atomic E-state index is -0.302. The Morgan fingerprint density at radius 3 is 2.72 bits per heavy atom. The number of aromatic nitrogens is 4. The van der Waals surface area contributed by atoms with Gasteiger partial charge in [0.25, 0.3) is 0 Å². The first-order chi connectivity index (χ1) is 17.5. The summed E-state index contributed by atoms with van der Waals surface area (Å²) < 4.78 is 14.5. The van der Waals surface area contributed by atoms with E-state index in [1.165, 1.54) is 25.0 Å². The van der Waals surface area contributed by atoms with Crippen molar-refractivity contribution in [1.82, 2.24) is 29.5 Å². The molecule has 2 saturated heterocycles. The van der Waals surface area contributed by atoms with Gasteiger partial charge in [-0.15, -0.1) is 0 Å². The Bertz CT molecular complexity index is 1250. The number of likely N-dealkylation sites (tertiary alicyclic amines) is 2. The summed E-state index contributed by atoms with van der Waals surface area (Å²) in [5.41, 5.74) is 4.13. The first-order valence-corrected chi connectivity index (χ1v) is 13.1. The maximum Gasteiger partial charge on any atom is 0.228 e. The molecule has 1 N–H and O–H groups in total. The van der Waals surface area contributed by atoms with E-state index in [2.05, 4.69) is 25.2 Å². The largest absolute Gasteiger partial charge is 0.310 e. The lowest BCUT2D eigenvalue weighted by Gasteiger charge is -2.58. The highest BCUT2D eigenvalue weighted by Gasteiger charge is 2.53. The van der Waals surface area contributed by atoms with Gasteiger partial charge in [0.2, 0.25) is 5.91 Å². The van der Waals surface area contributed by atoms with Crippen LogP contribution >= 0.6 is 0 Å². The molecule has 1 saturated carbocycles. The number of carbonyl (C=O) groups is 1. The molecular formula is C27H34FN7O. The van der Waals surface area contributed by atoms with Gasteiger partial charge in [0.05, 0.1) is 23.1 Å². The van der Waals surface area contributed by atoms with Gasteiger partial charge in [0.15, 0.2) is 0 Å². The third-order valence-electron chi connectivity index (χ3n) is 8.23. The van der Waals surface area contributed by atoms with Gasteiger partial charge in [-0.2, -0.15) is 5.10 Å². The first-order valence-electron chi connectivity index (χ1n) is 13.1. The molecule has 3 aliphatic rings. The number of carbonyl (C=O) groups excluding carboxylic acids is 1. The van der Waals surface area contributed by atoms with E-state index >= 15 is 0 Å². The number of hydrogen-bond donors (Lipinski definition) is 1. The number of amides is 1. The number of aryl methyl sites for hydroxylation is 1. The van der Waals surface area contributed by atoms with Gasteiger partial charge in [-0.05, 0) is 56.3 Å². The fourth-order valence-electron chi connectivity index (χ4n) is 6.27. The summed E-state index contributed by atoms with van der Waals surface area (Å²) in [5, 5.41) is 8.46. The Hall–Kier alpha value is -2.91. The molecule has 8 nitrogen and oxygen atoms in total. The number of piperidine rings is 1. The fraction of sp³-hybridized carbons (Fsp3) is 0.556. The van der Waals surface area contributed by atoms with Gasteiger partial charge in [0.1, 0.15) is 12.5 Å². The van der Waals surface area contributed by atoms with Crippen LogP contribution in [-0.4, -0.2) is 74.9 Å². The summed E-state index contributed by atoms with van der Waals surface area (Å²) in [4.78, 5) is 26.8. The van der Waals surface area contributed by atoms with Crippen LogP contribution in [0.25, 0.3) is 22.2 Å². The molecule has 190 valence electrons. The fourth-order valence-corrected chi connectivity index (χ4v) is 6.27. The van der Waals surface area contributed by atoms with Crippen LogP contribution in [0.3, 0.4) is 0 Å². The standard InChI is InChI=1S/C27H34FN7O/c1-33-24(16-34-8-3-2-4-9-34)21(15-30-33)22-6-5-19-14-29-25(11-23(19)31-22)32-26(36)20-12-27(13-20)17-35(18-27)10-7-28/h5-6,11,14-15,20H,2-4,7-10,12-13,16-18H2,1H3,(H,29,32,36).